The maximum absolute atomic E-state index is 9.35. The van der Waals surface area contributed by atoms with Crippen molar-refractivity contribution in [3.05, 3.63) is 53.1 Å². The zero-order valence-corrected chi connectivity index (χ0v) is 15.2. The van der Waals surface area contributed by atoms with Gasteiger partial charge in [-0.25, -0.2) is 9.98 Å². The molecule has 0 spiro atoms. The summed E-state index contributed by atoms with van der Waals surface area (Å²) in [5.74, 6) is 1.24. The molecule has 0 saturated heterocycles. The van der Waals surface area contributed by atoms with Crippen LogP contribution < -0.4 is 26.8 Å². The van der Waals surface area contributed by atoms with Gasteiger partial charge in [0.1, 0.15) is 41.7 Å². The number of nitriles is 2. The molecule has 1 aliphatic heterocycles. The van der Waals surface area contributed by atoms with Crippen molar-refractivity contribution < 1.29 is 4.74 Å². The third-order valence-corrected chi connectivity index (χ3v) is 4.04. The standard InChI is InChI=1S/C19H18N8O/c1-10(2)8-28-12-5-3-11(4-6-12)16-14-15(22)13(7-20)17(23)26-18(14)27-19(25-16)24-9-21/h3-6,16H,1,8H2,2H3,(H6,22,23,24,25,26,27). The first-order valence-corrected chi connectivity index (χ1v) is 8.30. The lowest BCUT2D eigenvalue weighted by Crippen LogP contribution is -2.32. The average Bonchev–Trinajstić information content (AvgIpc) is 2.66. The molecule has 0 bridgehead atoms. The summed E-state index contributed by atoms with van der Waals surface area (Å²) in [7, 11) is 0. The lowest BCUT2D eigenvalue weighted by molar-refractivity contribution is 0.352. The molecular formula is C19H18N8O. The Morgan fingerprint density at radius 3 is 2.64 bits per heavy atom. The van der Waals surface area contributed by atoms with Crippen LogP contribution in [0.4, 0.5) is 17.3 Å². The third-order valence-electron chi connectivity index (χ3n) is 4.04. The van der Waals surface area contributed by atoms with Crippen molar-refractivity contribution in [3.8, 4) is 18.0 Å². The molecular weight excluding hydrogens is 356 g/mol. The number of nitrogen functional groups attached to an aromatic ring is 2. The van der Waals surface area contributed by atoms with E-state index in [1.807, 2.05) is 31.3 Å². The molecule has 1 unspecified atom stereocenters. The maximum atomic E-state index is 9.35. The number of benzene rings is 1. The van der Waals surface area contributed by atoms with Gasteiger partial charge in [0.25, 0.3) is 0 Å². The number of ether oxygens (including phenoxy) is 1. The SMILES string of the molecule is C=C(C)COc1ccc(C2N=C(NC#N)Nc3nc(N)c(C#N)c(N)c32)cc1. The van der Waals surface area contributed by atoms with Gasteiger partial charge in [-0.05, 0) is 30.2 Å². The number of hydrogen-bond donors (Lipinski definition) is 4. The van der Waals surface area contributed by atoms with E-state index in [2.05, 4.69) is 27.2 Å². The van der Waals surface area contributed by atoms with Crippen LogP contribution in [-0.4, -0.2) is 17.6 Å². The second-order valence-electron chi connectivity index (χ2n) is 6.22. The third kappa shape index (κ3) is 3.50. The predicted octanol–water partition coefficient (Wildman–Crippen LogP) is 2.01. The van der Waals surface area contributed by atoms with Crippen molar-refractivity contribution >= 4 is 23.3 Å². The van der Waals surface area contributed by atoms with E-state index in [0.29, 0.717) is 23.7 Å². The molecule has 6 N–H and O–H groups in total. The Morgan fingerprint density at radius 1 is 1.32 bits per heavy atom. The summed E-state index contributed by atoms with van der Waals surface area (Å²) in [6, 6.07) is 8.67. The summed E-state index contributed by atoms with van der Waals surface area (Å²) in [4.78, 5) is 8.72. The summed E-state index contributed by atoms with van der Waals surface area (Å²) in [5.41, 5.74) is 14.5. The quantitative estimate of drug-likeness (QED) is 0.359. The van der Waals surface area contributed by atoms with Crippen molar-refractivity contribution in [2.45, 2.75) is 13.0 Å². The van der Waals surface area contributed by atoms with Crippen LogP contribution in [0.1, 0.15) is 29.7 Å². The molecule has 2 aromatic rings. The van der Waals surface area contributed by atoms with Crippen LogP contribution in [0.2, 0.25) is 0 Å². The van der Waals surface area contributed by atoms with E-state index in [1.165, 1.54) is 0 Å². The Kier molecular flexibility index (Phi) is 5.01. The molecule has 0 radical (unpaired) electrons. The Balaban J connectivity index is 2.06. The van der Waals surface area contributed by atoms with Gasteiger partial charge >= 0.3 is 0 Å². The Labute approximate surface area is 162 Å². The fourth-order valence-corrected chi connectivity index (χ4v) is 2.77. The summed E-state index contributed by atoms with van der Waals surface area (Å²) in [6.45, 7) is 6.11. The van der Waals surface area contributed by atoms with Crippen LogP contribution in [0.5, 0.6) is 5.75 Å². The summed E-state index contributed by atoms with van der Waals surface area (Å²) >= 11 is 0. The first-order chi connectivity index (χ1) is 13.4. The number of nitrogens with one attached hydrogen (secondary N) is 2. The number of rotatable bonds is 4. The van der Waals surface area contributed by atoms with Crippen molar-refractivity contribution in [2.24, 2.45) is 4.99 Å². The zero-order valence-electron chi connectivity index (χ0n) is 15.2. The zero-order chi connectivity index (χ0) is 20.3. The van der Waals surface area contributed by atoms with Crippen molar-refractivity contribution in [2.75, 3.05) is 23.4 Å². The van der Waals surface area contributed by atoms with E-state index in [-0.39, 0.29) is 23.0 Å². The number of nitrogens with zero attached hydrogens (tertiary/aromatic N) is 4. The van der Waals surface area contributed by atoms with Crippen LogP contribution in [-0.2, 0) is 0 Å². The second kappa shape index (κ2) is 7.56. The number of aromatic nitrogens is 1. The molecule has 3 rings (SSSR count). The van der Waals surface area contributed by atoms with Crippen LogP contribution in [0.15, 0.2) is 41.4 Å². The Morgan fingerprint density at radius 2 is 2.04 bits per heavy atom. The molecule has 0 fully saturated rings. The van der Waals surface area contributed by atoms with E-state index in [1.54, 1.807) is 12.1 Å². The smallest absolute Gasteiger partial charge is 0.211 e. The van der Waals surface area contributed by atoms with Gasteiger partial charge in [0.15, 0.2) is 6.19 Å². The number of aliphatic imine (C=N–C) groups is 1. The highest BCUT2D eigenvalue weighted by atomic mass is 16.5. The molecule has 2 heterocycles. The van der Waals surface area contributed by atoms with Gasteiger partial charge in [-0.15, -0.1) is 0 Å². The lowest BCUT2D eigenvalue weighted by Gasteiger charge is -2.26. The summed E-state index contributed by atoms with van der Waals surface area (Å²) < 4.78 is 5.62. The molecule has 1 aromatic heterocycles. The van der Waals surface area contributed by atoms with Crippen molar-refractivity contribution in [1.82, 2.24) is 10.3 Å². The minimum absolute atomic E-state index is 0.00625. The highest BCUT2D eigenvalue weighted by Crippen LogP contribution is 2.40. The van der Waals surface area contributed by atoms with Crippen molar-refractivity contribution in [3.63, 3.8) is 0 Å². The molecule has 9 nitrogen and oxygen atoms in total. The number of nitrogens with two attached hydrogens (primary N) is 2. The second-order valence-corrected chi connectivity index (χ2v) is 6.22. The van der Waals surface area contributed by atoms with Gasteiger partial charge < -0.3 is 21.5 Å². The van der Waals surface area contributed by atoms with Crippen molar-refractivity contribution in [1.29, 1.82) is 10.5 Å². The summed E-state index contributed by atoms with van der Waals surface area (Å²) in [5, 5.41) is 23.6. The molecule has 1 atom stereocenters. The van der Waals surface area contributed by atoms with Gasteiger partial charge in [0.05, 0.1) is 5.69 Å². The van der Waals surface area contributed by atoms with E-state index in [0.717, 1.165) is 11.1 Å². The topological polar surface area (TPSA) is 158 Å². The number of hydrogen-bond acceptors (Lipinski definition) is 9. The number of pyridine rings is 1. The molecule has 9 heteroatoms. The van der Waals surface area contributed by atoms with Gasteiger partial charge in [0.2, 0.25) is 5.96 Å². The predicted molar refractivity (Wildman–Crippen MR) is 106 cm³/mol. The monoisotopic (exact) mass is 374 g/mol. The first-order valence-electron chi connectivity index (χ1n) is 8.30. The van der Waals surface area contributed by atoms with Crippen LogP contribution in [0.25, 0.3) is 0 Å². The Hall–Kier alpha value is -4.24. The molecule has 1 aliphatic rings. The van der Waals surface area contributed by atoms with Gasteiger partial charge in [-0.1, -0.05) is 18.7 Å². The van der Waals surface area contributed by atoms with Gasteiger partial charge in [-0.2, -0.15) is 10.5 Å². The number of fused-ring (bicyclic) bond motifs is 1. The minimum atomic E-state index is -0.581. The van der Waals surface area contributed by atoms with Crippen LogP contribution in [0.3, 0.4) is 0 Å². The molecule has 0 saturated carbocycles. The fraction of sp³-hybridized carbons (Fsp3) is 0.158. The maximum Gasteiger partial charge on any atom is 0.211 e. The average molecular weight is 374 g/mol. The highest BCUT2D eigenvalue weighted by Gasteiger charge is 2.29. The summed E-state index contributed by atoms with van der Waals surface area (Å²) in [6.07, 6.45) is 1.81. The molecule has 0 amide bonds. The van der Waals surface area contributed by atoms with E-state index in [9.17, 15) is 5.26 Å². The Bertz CT molecular complexity index is 1040. The minimum Gasteiger partial charge on any atom is -0.489 e. The van der Waals surface area contributed by atoms with E-state index >= 15 is 0 Å². The molecule has 0 aliphatic carbocycles. The normalized spacial score (nSPS) is 14.5. The van der Waals surface area contributed by atoms with E-state index in [4.69, 9.17) is 21.5 Å². The number of guanidine groups is 1. The molecule has 28 heavy (non-hydrogen) atoms. The number of anilines is 3. The van der Waals surface area contributed by atoms with E-state index < -0.39 is 6.04 Å². The lowest BCUT2D eigenvalue weighted by atomic mass is 9.95. The van der Waals surface area contributed by atoms with Crippen LogP contribution >= 0.6 is 0 Å². The highest BCUT2D eigenvalue weighted by molar-refractivity contribution is 5.98. The van der Waals surface area contributed by atoms with Gasteiger partial charge in [-0.3, -0.25) is 5.32 Å². The fourth-order valence-electron chi connectivity index (χ4n) is 2.77. The largest absolute Gasteiger partial charge is 0.489 e. The first kappa shape index (κ1) is 18.5. The molecule has 140 valence electrons. The molecule has 1 aromatic carbocycles. The van der Waals surface area contributed by atoms with Crippen LogP contribution in [0, 0.1) is 22.8 Å². The van der Waals surface area contributed by atoms with Gasteiger partial charge in [0, 0.05) is 5.56 Å².